The van der Waals surface area contributed by atoms with Crippen molar-refractivity contribution in [1.82, 2.24) is 9.62 Å². The van der Waals surface area contributed by atoms with Gasteiger partial charge in [0, 0.05) is 13.1 Å². The van der Waals surface area contributed by atoms with E-state index >= 15 is 0 Å². The Kier molecular flexibility index (Phi) is 7.33. The van der Waals surface area contributed by atoms with Gasteiger partial charge >= 0.3 is 0 Å². The van der Waals surface area contributed by atoms with Crippen LogP contribution in [0.5, 0.6) is 5.75 Å². The van der Waals surface area contributed by atoms with Crippen molar-refractivity contribution in [2.45, 2.75) is 36.2 Å². The van der Waals surface area contributed by atoms with Crippen molar-refractivity contribution in [1.29, 1.82) is 0 Å². The molecule has 0 radical (unpaired) electrons. The first-order valence-electron chi connectivity index (χ1n) is 10.3. The van der Waals surface area contributed by atoms with E-state index in [-0.39, 0.29) is 29.0 Å². The van der Waals surface area contributed by atoms with Crippen LogP contribution in [0.3, 0.4) is 0 Å². The molecule has 1 N–H and O–H groups in total. The maximum absolute atomic E-state index is 13.6. The van der Waals surface area contributed by atoms with Gasteiger partial charge in [0.15, 0.2) is 11.6 Å². The zero-order chi connectivity index (χ0) is 23.4. The molecule has 1 amide bonds. The minimum absolute atomic E-state index is 0.139. The van der Waals surface area contributed by atoms with E-state index in [0.29, 0.717) is 23.7 Å². The predicted molar refractivity (Wildman–Crippen MR) is 125 cm³/mol. The second-order valence-electron chi connectivity index (χ2n) is 7.59. The van der Waals surface area contributed by atoms with Crippen molar-refractivity contribution in [2.24, 2.45) is 0 Å². The first kappa shape index (κ1) is 23.7. The molecule has 33 heavy (non-hydrogen) atoms. The van der Waals surface area contributed by atoms with Crippen LogP contribution in [-0.2, 0) is 28.0 Å². The first-order valence-corrected chi connectivity index (χ1v) is 13.0. The molecule has 2 aromatic carbocycles. The van der Waals surface area contributed by atoms with E-state index in [2.05, 4.69) is 5.32 Å². The molecule has 0 bridgehead atoms. The second kappa shape index (κ2) is 10.2. The number of carbonyl (C=O) groups is 1. The average Bonchev–Trinajstić information content (AvgIpc) is 3.48. The van der Waals surface area contributed by atoms with Crippen LogP contribution in [0.4, 0.5) is 4.39 Å². The third kappa shape index (κ3) is 5.55. The zero-order valence-electron chi connectivity index (χ0n) is 17.5. The monoisotopic (exact) mass is 508 g/mol. The normalized spacial score (nSPS) is 16.6. The van der Waals surface area contributed by atoms with E-state index in [1.807, 2.05) is 24.3 Å². The topological polar surface area (TPSA) is 75.7 Å². The Bertz CT molecular complexity index is 1230. The molecular weight excluding hydrogens is 487 g/mol. The lowest BCUT2D eigenvalue weighted by atomic mass is 10.1. The maximum Gasteiger partial charge on any atom is 0.253 e. The molecule has 1 saturated heterocycles. The van der Waals surface area contributed by atoms with Crippen LogP contribution in [0.1, 0.15) is 24.0 Å². The molecule has 0 saturated carbocycles. The van der Waals surface area contributed by atoms with E-state index < -0.39 is 21.9 Å². The molecule has 10 heteroatoms. The van der Waals surface area contributed by atoms with Gasteiger partial charge in [-0.1, -0.05) is 48.0 Å². The van der Waals surface area contributed by atoms with Crippen molar-refractivity contribution in [3.63, 3.8) is 0 Å². The Balaban J connectivity index is 1.33. The van der Waals surface area contributed by atoms with Crippen LogP contribution in [0.15, 0.2) is 64.9 Å². The van der Waals surface area contributed by atoms with Gasteiger partial charge in [-0.2, -0.15) is 4.31 Å². The highest BCUT2D eigenvalue weighted by Crippen LogP contribution is 2.32. The molecule has 0 spiro atoms. The van der Waals surface area contributed by atoms with Gasteiger partial charge in [0.1, 0.15) is 16.9 Å². The van der Waals surface area contributed by atoms with Crippen molar-refractivity contribution in [2.75, 3.05) is 6.54 Å². The maximum atomic E-state index is 13.6. The Morgan fingerprint density at radius 3 is 2.55 bits per heavy atom. The molecule has 174 valence electrons. The number of hydrogen-bond donors (Lipinski definition) is 1. The number of benzene rings is 2. The highest BCUT2D eigenvalue weighted by Gasteiger charge is 2.39. The molecule has 1 aromatic heterocycles. The summed E-state index contributed by atoms with van der Waals surface area (Å²) in [6.45, 7) is 0.782. The Morgan fingerprint density at radius 1 is 1.12 bits per heavy atom. The first-order chi connectivity index (χ1) is 15.8. The molecule has 1 aliphatic heterocycles. The number of sulfonamides is 1. The quantitative estimate of drug-likeness (QED) is 0.483. The molecule has 3 aromatic rings. The fraction of sp³-hybridized carbons (Fsp3) is 0.261. The number of ether oxygens (including phenoxy) is 1. The molecule has 0 aliphatic carbocycles. The van der Waals surface area contributed by atoms with E-state index in [1.54, 1.807) is 18.2 Å². The third-order valence-electron chi connectivity index (χ3n) is 5.34. The molecule has 1 aliphatic rings. The molecule has 0 unspecified atom stereocenters. The number of rotatable bonds is 8. The van der Waals surface area contributed by atoms with Crippen LogP contribution < -0.4 is 10.1 Å². The van der Waals surface area contributed by atoms with Gasteiger partial charge in [-0.25, -0.2) is 12.8 Å². The van der Waals surface area contributed by atoms with Crippen LogP contribution in [0, 0.1) is 5.82 Å². The number of thiophene rings is 1. The van der Waals surface area contributed by atoms with Crippen LogP contribution in [-0.4, -0.2) is 31.2 Å². The molecular formula is C23H22ClFN2O4S2. The van der Waals surface area contributed by atoms with E-state index in [4.69, 9.17) is 16.3 Å². The van der Waals surface area contributed by atoms with Crippen LogP contribution in [0.25, 0.3) is 0 Å². The van der Waals surface area contributed by atoms with E-state index in [1.165, 1.54) is 22.5 Å². The molecule has 6 nitrogen and oxygen atoms in total. The number of para-hydroxylation sites is 1. The molecule has 4 rings (SSSR count). The van der Waals surface area contributed by atoms with Crippen molar-refractivity contribution in [3.05, 3.63) is 81.9 Å². The van der Waals surface area contributed by atoms with E-state index in [9.17, 15) is 17.6 Å². The number of nitrogens with one attached hydrogen (secondary N) is 1. The predicted octanol–water partition coefficient (Wildman–Crippen LogP) is 4.59. The standard InChI is InChI=1S/C23H22ClFN2O4S2/c24-21-11-12-22(32-21)33(29,30)27-13-3-5-19(27)23(28)26-14-16-7-9-17(10-8-16)15-31-20-6-2-1-4-18(20)25/h1-2,4,6-12,19H,3,5,13-15H2,(H,26,28)/t19-/m0/s1. The lowest BCUT2D eigenvalue weighted by Gasteiger charge is -2.22. The van der Waals surface area contributed by atoms with Gasteiger partial charge in [0.05, 0.1) is 4.34 Å². The lowest BCUT2D eigenvalue weighted by molar-refractivity contribution is -0.124. The largest absolute Gasteiger partial charge is 0.486 e. The average molecular weight is 509 g/mol. The summed E-state index contributed by atoms with van der Waals surface area (Å²) in [4.78, 5) is 12.8. The third-order valence-corrected chi connectivity index (χ3v) is 8.95. The number of hydrogen-bond acceptors (Lipinski definition) is 5. The smallest absolute Gasteiger partial charge is 0.253 e. The highest BCUT2D eigenvalue weighted by molar-refractivity contribution is 7.91. The zero-order valence-corrected chi connectivity index (χ0v) is 19.9. The van der Waals surface area contributed by atoms with Gasteiger partial charge in [-0.15, -0.1) is 11.3 Å². The summed E-state index contributed by atoms with van der Waals surface area (Å²) in [5, 5.41) is 2.84. The molecule has 1 atom stereocenters. The SMILES string of the molecule is O=C(NCc1ccc(COc2ccccc2F)cc1)[C@@H]1CCCN1S(=O)(=O)c1ccc(Cl)s1. The molecule has 2 heterocycles. The van der Waals surface area contributed by atoms with E-state index in [0.717, 1.165) is 22.5 Å². The number of carbonyl (C=O) groups excluding carboxylic acids is 1. The number of nitrogens with zero attached hydrogens (tertiary/aromatic N) is 1. The van der Waals surface area contributed by atoms with Crippen LogP contribution >= 0.6 is 22.9 Å². The summed E-state index contributed by atoms with van der Waals surface area (Å²) < 4.78 is 46.8. The summed E-state index contributed by atoms with van der Waals surface area (Å²) in [6.07, 6.45) is 1.09. The number of amides is 1. The van der Waals surface area contributed by atoms with Crippen molar-refractivity contribution >= 4 is 38.9 Å². The summed E-state index contributed by atoms with van der Waals surface area (Å²) in [5.74, 6) is -0.553. The minimum atomic E-state index is -3.77. The fourth-order valence-corrected chi connectivity index (χ4v) is 6.89. The highest BCUT2D eigenvalue weighted by atomic mass is 35.5. The lowest BCUT2D eigenvalue weighted by Crippen LogP contribution is -2.45. The van der Waals surface area contributed by atoms with Crippen LogP contribution in [0.2, 0.25) is 4.34 Å². The van der Waals surface area contributed by atoms with Gasteiger partial charge in [-0.05, 0) is 48.2 Å². The summed E-state index contributed by atoms with van der Waals surface area (Å²) in [6, 6.07) is 15.8. The van der Waals surface area contributed by atoms with Gasteiger partial charge in [0.25, 0.3) is 10.0 Å². The Labute approximate surface area is 201 Å². The summed E-state index contributed by atoms with van der Waals surface area (Å²) >= 11 is 6.87. The van der Waals surface area contributed by atoms with Gasteiger partial charge < -0.3 is 10.1 Å². The Morgan fingerprint density at radius 2 is 1.85 bits per heavy atom. The van der Waals surface area contributed by atoms with Gasteiger partial charge in [0.2, 0.25) is 5.91 Å². The van der Waals surface area contributed by atoms with Crippen molar-refractivity contribution in [3.8, 4) is 5.75 Å². The summed E-state index contributed by atoms with van der Waals surface area (Å²) in [5.41, 5.74) is 1.71. The number of halogens is 2. The van der Waals surface area contributed by atoms with Gasteiger partial charge in [-0.3, -0.25) is 4.79 Å². The fourth-order valence-electron chi connectivity index (χ4n) is 3.62. The van der Waals surface area contributed by atoms with Crippen molar-refractivity contribution < 1.29 is 22.3 Å². The summed E-state index contributed by atoms with van der Waals surface area (Å²) in [7, 11) is -3.77. The molecule has 1 fully saturated rings. The Hall–Kier alpha value is -2.46. The minimum Gasteiger partial charge on any atom is -0.486 e. The second-order valence-corrected chi connectivity index (χ2v) is 11.4.